The van der Waals surface area contributed by atoms with Crippen molar-refractivity contribution in [2.24, 2.45) is 0 Å². The number of fused-ring (bicyclic) bond motifs is 2. The maximum atomic E-state index is 13.3. The number of likely N-dealkylation sites (N-methyl/N-ethyl adjacent to an activating group) is 1. The second kappa shape index (κ2) is 15.1. The van der Waals surface area contributed by atoms with E-state index in [1.54, 1.807) is 24.3 Å². The van der Waals surface area contributed by atoms with E-state index >= 15 is 0 Å². The molecular formula is C28H34Cl2IN5O4S. The van der Waals surface area contributed by atoms with Gasteiger partial charge in [0.25, 0.3) is 5.91 Å². The van der Waals surface area contributed by atoms with E-state index in [-0.39, 0.29) is 30.7 Å². The van der Waals surface area contributed by atoms with Crippen LogP contribution in [0.3, 0.4) is 0 Å². The molecule has 0 saturated heterocycles. The average Bonchev–Trinajstić information content (AvgIpc) is 2.90. The minimum absolute atomic E-state index is 0. The van der Waals surface area contributed by atoms with Gasteiger partial charge in [-0.1, -0.05) is 26.0 Å². The second-order valence-electron chi connectivity index (χ2n) is 9.05. The zero-order valence-corrected chi connectivity index (χ0v) is 27.8. The topological polar surface area (TPSA) is 113 Å². The van der Waals surface area contributed by atoms with Crippen molar-refractivity contribution < 1.29 is 17.9 Å². The van der Waals surface area contributed by atoms with Gasteiger partial charge in [0, 0.05) is 33.5 Å². The largest absolute Gasteiger partial charge is 0.494 e. The normalized spacial score (nSPS) is 11.1. The van der Waals surface area contributed by atoms with Gasteiger partial charge in [0.05, 0.1) is 47.0 Å². The third-order valence-electron chi connectivity index (χ3n) is 6.38. The van der Waals surface area contributed by atoms with Gasteiger partial charge in [-0.05, 0) is 72.1 Å². The summed E-state index contributed by atoms with van der Waals surface area (Å²) >= 11 is 2.26. The number of para-hydroxylation sites is 1. The summed E-state index contributed by atoms with van der Waals surface area (Å²) in [5.74, 6) is 0.280. The number of anilines is 3. The molecule has 0 aliphatic heterocycles. The van der Waals surface area contributed by atoms with E-state index < -0.39 is 10.0 Å². The van der Waals surface area contributed by atoms with Gasteiger partial charge in [-0.3, -0.25) is 9.52 Å². The molecule has 4 aromatic rings. The summed E-state index contributed by atoms with van der Waals surface area (Å²) in [6, 6.07) is 16.6. The van der Waals surface area contributed by atoms with Gasteiger partial charge in [-0.2, -0.15) is 0 Å². The van der Waals surface area contributed by atoms with Crippen LogP contribution in [0.15, 0.2) is 54.6 Å². The van der Waals surface area contributed by atoms with Crippen molar-refractivity contribution in [2.45, 2.75) is 13.8 Å². The van der Waals surface area contributed by atoms with Crippen molar-refractivity contribution in [3.8, 4) is 5.75 Å². The number of rotatable bonds is 11. The number of aromatic nitrogens is 1. The number of amides is 1. The van der Waals surface area contributed by atoms with Crippen LogP contribution in [0.2, 0.25) is 0 Å². The average molecular weight is 732 g/mol. The number of sulfonamides is 1. The summed E-state index contributed by atoms with van der Waals surface area (Å²) in [6.07, 6.45) is 1.10. The number of hydrogen-bond acceptors (Lipinski definition) is 7. The molecule has 13 heteroatoms. The summed E-state index contributed by atoms with van der Waals surface area (Å²) in [5.41, 5.74) is 3.62. The number of benzene rings is 3. The number of carbonyl (C=O) groups excluding carboxylic acids is 1. The highest BCUT2D eigenvalue weighted by atomic mass is 125. The number of nitrogens with one attached hydrogen (secondary N) is 3. The van der Waals surface area contributed by atoms with Gasteiger partial charge in [0.2, 0.25) is 10.0 Å². The minimum Gasteiger partial charge on any atom is -0.494 e. The highest BCUT2D eigenvalue weighted by Crippen LogP contribution is 2.38. The van der Waals surface area contributed by atoms with E-state index in [4.69, 9.17) is 9.72 Å². The van der Waals surface area contributed by atoms with Crippen LogP contribution >= 0.6 is 47.4 Å². The van der Waals surface area contributed by atoms with Crippen molar-refractivity contribution in [1.29, 1.82) is 0 Å². The summed E-state index contributed by atoms with van der Waals surface area (Å²) in [7, 11) is -1.91. The molecule has 0 saturated carbocycles. The lowest BCUT2D eigenvalue weighted by Crippen LogP contribution is -2.34. The Kier molecular flexibility index (Phi) is 12.7. The van der Waals surface area contributed by atoms with Crippen molar-refractivity contribution >= 4 is 102 Å². The summed E-state index contributed by atoms with van der Waals surface area (Å²) in [6.45, 7) is 7.37. The fraction of sp³-hybridized carbons (Fsp3) is 0.286. The van der Waals surface area contributed by atoms with Crippen LogP contribution in [0, 0.1) is 3.57 Å². The smallest absolute Gasteiger partial charge is 0.253 e. The van der Waals surface area contributed by atoms with Gasteiger partial charge in [-0.25, -0.2) is 13.4 Å². The molecule has 1 amide bonds. The Morgan fingerprint density at radius 2 is 1.76 bits per heavy atom. The van der Waals surface area contributed by atoms with E-state index in [2.05, 4.69) is 56.7 Å². The van der Waals surface area contributed by atoms with Gasteiger partial charge in [0.15, 0.2) is 0 Å². The molecule has 0 unspecified atom stereocenters. The zero-order valence-electron chi connectivity index (χ0n) is 23.2. The summed E-state index contributed by atoms with van der Waals surface area (Å²) in [4.78, 5) is 20.4. The maximum Gasteiger partial charge on any atom is 0.253 e. The highest BCUT2D eigenvalue weighted by molar-refractivity contribution is 14.1. The SMILES string of the molecule is CCN(CC)CCNC(=O)c1cccc2c(Nc3ccc(NS(C)(=O)=O)cc3OC)c3cc([125I])ccc3nc12.Cl.Cl. The van der Waals surface area contributed by atoms with Crippen LogP contribution in [0.5, 0.6) is 5.75 Å². The van der Waals surface area contributed by atoms with Crippen LogP contribution in [-0.2, 0) is 10.0 Å². The van der Waals surface area contributed by atoms with Crippen molar-refractivity contribution in [3.63, 3.8) is 0 Å². The van der Waals surface area contributed by atoms with Gasteiger partial charge in [0.1, 0.15) is 5.75 Å². The molecule has 3 N–H and O–H groups in total. The summed E-state index contributed by atoms with van der Waals surface area (Å²) in [5, 5.41) is 8.19. The number of nitrogens with zero attached hydrogens (tertiary/aromatic N) is 2. The molecule has 0 atom stereocenters. The highest BCUT2D eigenvalue weighted by Gasteiger charge is 2.18. The Morgan fingerprint density at radius 1 is 1.02 bits per heavy atom. The van der Waals surface area contributed by atoms with E-state index in [1.807, 2.05) is 30.3 Å². The Morgan fingerprint density at radius 3 is 2.41 bits per heavy atom. The lowest BCUT2D eigenvalue weighted by molar-refractivity contribution is 0.0950. The predicted molar refractivity (Wildman–Crippen MR) is 181 cm³/mol. The molecule has 1 aromatic heterocycles. The molecule has 9 nitrogen and oxygen atoms in total. The monoisotopic (exact) mass is 731 g/mol. The Labute approximate surface area is 266 Å². The first-order valence-corrected chi connectivity index (χ1v) is 15.6. The molecule has 41 heavy (non-hydrogen) atoms. The lowest BCUT2D eigenvalue weighted by atomic mass is 10.0. The first-order chi connectivity index (χ1) is 18.6. The van der Waals surface area contributed by atoms with E-state index in [0.717, 1.165) is 51.4 Å². The third kappa shape index (κ3) is 8.48. The molecular weight excluding hydrogens is 698 g/mol. The Bertz CT molecular complexity index is 1640. The van der Waals surface area contributed by atoms with Crippen LogP contribution in [-0.4, -0.2) is 63.8 Å². The Balaban J connectivity index is 0.00000294. The molecule has 0 fully saturated rings. The van der Waals surface area contributed by atoms with E-state index in [0.29, 0.717) is 34.7 Å². The molecule has 0 aliphatic rings. The molecule has 0 bridgehead atoms. The molecule has 4 rings (SSSR count). The molecule has 222 valence electrons. The summed E-state index contributed by atoms with van der Waals surface area (Å²) < 4.78 is 32.5. The molecule has 3 aromatic carbocycles. The van der Waals surface area contributed by atoms with Gasteiger partial charge in [-0.15, -0.1) is 24.8 Å². The number of carbonyl (C=O) groups is 1. The van der Waals surface area contributed by atoms with Crippen LogP contribution < -0.4 is 20.1 Å². The quantitative estimate of drug-likeness (QED) is 0.128. The standard InChI is InChI=1S/C28H32IN5O4S.2ClH/c1-5-34(6-2)15-14-30-28(35)21-9-7-8-20-26(21)31-23-12-10-18(29)16-22(23)27(20)32-24-13-11-19(17-25(24)38-3)33-39(4,36)37;;/h7-13,16-17,33H,5-6,14-15H2,1-4H3,(H,30,35)(H,31,32);2*1H/i29-2;;. The fourth-order valence-corrected chi connectivity index (χ4v) is 5.47. The molecule has 1 heterocycles. The fourth-order valence-electron chi connectivity index (χ4n) is 4.42. The van der Waals surface area contributed by atoms with Crippen molar-refractivity contribution in [2.75, 3.05) is 49.6 Å². The maximum absolute atomic E-state index is 13.3. The van der Waals surface area contributed by atoms with Crippen LogP contribution in [0.1, 0.15) is 24.2 Å². The molecule has 0 radical (unpaired) electrons. The van der Waals surface area contributed by atoms with Crippen LogP contribution in [0.25, 0.3) is 21.8 Å². The van der Waals surface area contributed by atoms with Crippen LogP contribution in [0.4, 0.5) is 17.1 Å². The molecule has 0 aliphatic carbocycles. The van der Waals surface area contributed by atoms with E-state index in [1.165, 1.54) is 7.11 Å². The second-order valence-corrected chi connectivity index (χ2v) is 12.0. The number of halogens is 3. The van der Waals surface area contributed by atoms with Gasteiger partial charge >= 0.3 is 0 Å². The van der Waals surface area contributed by atoms with Crippen molar-refractivity contribution in [3.05, 3.63) is 63.7 Å². The number of pyridine rings is 1. The lowest BCUT2D eigenvalue weighted by Gasteiger charge is -2.19. The predicted octanol–water partition coefficient (Wildman–Crippen LogP) is 6.03. The number of methoxy groups -OCH3 is 1. The number of hydrogen-bond donors (Lipinski definition) is 3. The minimum atomic E-state index is -3.44. The first-order valence-electron chi connectivity index (χ1n) is 12.6. The number of ether oxygens (including phenoxy) is 1. The van der Waals surface area contributed by atoms with Gasteiger partial charge < -0.3 is 20.3 Å². The van der Waals surface area contributed by atoms with Crippen molar-refractivity contribution in [1.82, 2.24) is 15.2 Å². The van der Waals surface area contributed by atoms with E-state index in [9.17, 15) is 13.2 Å². The molecule has 0 spiro atoms. The first kappa shape index (κ1) is 34.6. The third-order valence-corrected chi connectivity index (χ3v) is 7.66. The Hall–Kier alpha value is -2.58. The zero-order chi connectivity index (χ0) is 28.2.